The van der Waals surface area contributed by atoms with Crippen LogP contribution >= 0.6 is 11.6 Å². The molecule has 3 N–H and O–H groups in total. The number of cyclic esters (lactones) is 1. The van der Waals surface area contributed by atoms with Crippen LogP contribution in [0.2, 0.25) is 5.02 Å². The van der Waals surface area contributed by atoms with Crippen molar-refractivity contribution in [3.63, 3.8) is 0 Å². The largest absolute Gasteiger partial charge is 0.458 e. The van der Waals surface area contributed by atoms with E-state index in [-0.39, 0.29) is 24.6 Å². The number of pyridine rings is 2. The predicted octanol–water partition coefficient (Wildman–Crippen LogP) is 3.00. The van der Waals surface area contributed by atoms with Gasteiger partial charge in [-0.15, -0.1) is 0 Å². The second-order valence-electron chi connectivity index (χ2n) is 10.2. The average molecular weight is 510 g/mol. The molecule has 3 aromatic rings. The van der Waals surface area contributed by atoms with Crippen LogP contribution in [0.1, 0.15) is 66.1 Å². The lowest BCUT2D eigenvalue weighted by molar-refractivity contribution is -0.172. The van der Waals surface area contributed by atoms with E-state index in [0.29, 0.717) is 40.6 Å². The first-order valence-electron chi connectivity index (χ1n) is 12.4. The zero-order valence-electron chi connectivity index (χ0n) is 20.4. The standard InChI is InChI=1S/C27H28ClN3O5/c1-4-27(35)17-7-21-24-15(10-31(21)25(33)16(17)11-36-26(27)34)23-19(29-9-12(2)32)6-5-14-13(3)18(28)8-20(30-24)22(14)23/h7-8,12,19,29,32,35H,4-6,9-11H2,1-3H3/t12-,19-,27+/m1/s1. The quantitative estimate of drug-likeness (QED) is 0.362. The highest BCUT2D eigenvalue weighted by Gasteiger charge is 2.45. The number of hydrogen-bond acceptors (Lipinski definition) is 7. The fraction of sp³-hybridized carbons (Fsp3) is 0.444. The fourth-order valence-electron chi connectivity index (χ4n) is 6.07. The number of hydrogen-bond donors (Lipinski definition) is 3. The third-order valence-corrected chi connectivity index (χ3v) is 8.43. The second kappa shape index (κ2) is 8.11. The van der Waals surface area contributed by atoms with Gasteiger partial charge >= 0.3 is 5.97 Å². The Kier molecular flexibility index (Phi) is 5.32. The van der Waals surface area contributed by atoms with E-state index in [4.69, 9.17) is 21.3 Å². The Morgan fingerprint density at radius 1 is 1.31 bits per heavy atom. The molecule has 4 heterocycles. The number of rotatable bonds is 4. The van der Waals surface area contributed by atoms with E-state index in [0.717, 1.165) is 40.4 Å². The minimum Gasteiger partial charge on any atom is -0.458 e. The van der Waals surface area contributed by atoms with Crippen molar-refractivity contribution in [2.45, 2.75) is 70.9 Å². The molecule has 0 bridgehead atoms. The maximum atomic E-state index is 13.6. The van der Waals surface area contributed by atoms with Gasteiger partial charge in [-0.2, -0.15) is 0 Å². The van der Waals surface area contributed by atoms with Crippen molar-refractivity contribution in [1.29, 1.82) is 0 Å². The summed E-state index contributed by atoms with van der Waals surface area (Å²) in [4.78, 5) is 31.1. The van der Waals surface area contributed by atoms with E-state index in [2.05, 4.69) is 5.32 Å². The zero-order chi connectivity index (χ0) is 25.5. The van der Waals surface area contributed by atoms with Crippen molar-refractivity contribution in [2.75, 3.05) is 6.54 Å². The number of esters is 1. The number of carbonyl (C=O) groups is 1. The summed E-state index contributed by atoms with van der Waals surface area (Å²) in [5.41, 5.74) is 4.66. The lowest BCUT2D eigenvalue weighted by Crippen LogP contribution is -2.44. The van der Waals surface area contributed by atoms with E-state index in [1.165, 1.54) is 5.56 Å². The topological polar surface area (TPSA) is 114 Å². The summed E-state index contributed by atoms with van der Waals surface area (Å²) in [6.45, 7) is 6.07. The number of fused-ring (bicyclic) bond motifs is 5. The molecule has 9 heteroatoms. The fourth-order valence-corrected chi connectivity index (χ4v) is 6.29. The van der Waals surface area contributed by atoms with Gasteiger partial charge in [0.15, 0.2) is 5.60 Å². The van der Waals surface area contributed by atoms with E-state index in [9.17, 15) is 19.8 Å². The van der Waals surface area contributed by atoms with Crippen LogP contribution in [0.5, 0.6) is 0 Å². The molecule has 6 rings (SSSR count). The monoisotopic (exact) mass is 509 g/mol. The lowest BCUT2D eigenvalue weighted by Gasteiger charge is -2.31. The first kappa shape index (κ1) is 23.6. The van der Waals surface area contributed by atoms with Crippen molar-refractivity contribution in [3.8, 4) is 11.4 Å². The highest BCUT2D eigenvalue weighted by molar-refractivity contribution is 6.32. The van der Waals surface area contributed by atoms with Gasteiger partial charge in [0.2, 0.25) is 0 Å². The molecule has 0 saturated heterocycles. The minimum absolute atomic E-state index is 0.0240. The summed E-state index contributed by atoms with van der Waals surface area (Å²) >= 11 is 6.60. The second-order valence-corrected chi connectivity index (χ2v) is 10.6. The summed E-state index contributed by atoms with van der Waals surface area (Å²) in [5, 5.41) is 26.3. The van der Waals surface area contributed by atoms with Crippen molar-refractivity contribution in [1.82, 2.24) is 14.9 Å². The Balaban J connectivity index is 1.64. The van der Waals surface area contributed by atoms with Gasteiger partial charge in [-0.05, 0) is 61.9 Å². The number of aliphatic hydroxyl groups is 2. The van der Waals surface area contributed by atoms with E-state index in [1.807, 2.05) is 13.0 Å². The molecule has 2 aromatic heterocycles. The summed E-state index contributed by atoms with van der Waals surface area (Å²) < 4.78 is 6.86. The molecule has 0 fully saturated rings. The average Bonchev–Trinajstić information content (AvgIpc) is 3.22. The third kappa shape index (κ3) is 3.14. The van der Waals surface area contributed by atoms with Gasteiger partial charge in [0.05, 0.1) is 35.1 Å². The van der Waals surface area contributed by atoms with Crippen molar-refractivity contribution in [2.24, 2.45) is 0 Å². The van der Waals surface area contributed by atoms with Gasteiger partial charge in [-0.25, -0.2) is 9.78 Å². The highest BCUT2D eigenvalue weighted by Crippen LogP contribution is 2.46. The molecule has 1 aromatic carbocycles. The Bertz CT molecular complexity index is 1530. The molecular weight excluding hydrogens is 482 g/mol. The first-order chi connectivity index (χ1) is 17.2. The Labute approximate surface area is 212 Å². The lowest BCUT2D eigenvalue weighted by atomic mass is 9.81. The molecule has 0 radical (unpaired) electrons. The van der Waals surface area contributed by atoms with Crippen LogP contribution in [0.15, 0.2) is 16.9 Å². The van der Waals surface area contributed by atoms with E-state index < -0.39 is 17.7 Å². The van der Waals surface area contributed by atoms with Gasteiger partial charge in [0.1, 0.15) is 6.61 Å². The number of carbonyl (C=O) groups excluding carboxylic acids is 1. The van der Waals surface area contributed by atoms with Crippen LogP contribution in [0.25, 0.3) is 22.3 Å². The molecule has 1 aliphatic carbocycles. The Morgan fingerprint density at radius 3 is 2.81 bits per heavy atom. The number of halogens is 1. The zero-order valence-corrected chi connectivity index (χ0v) is 21.2. The number of aliphatic hydroxyl groups excluding tert-OH is 1. The van der Waals surface area contributed by atoms with E-state index >= 15 is 0 Å². The molecular formula is C27H28ClN3O5. The van der Waals surface area contributed by atoms with Crippen LogP contribution < -0.4 is 10.9 Å². The molecule has 0 saturated carbocycles. The van der Waals surface area contributed by atoms with E-state index in [1.54, 1.807) is 24.5 Å². The van der Waals surface area contributed by atoms with Gasteiger partial charge in [0.25, 0.3) is 5.56 Å². The number of ether oxygens (including phenoxy) is 1. The van der Waals surface area contributed by atoms with Gasteiger partial charge < -0.3 is 24.8 Å². The highest BCUT2D eigenvalue weighted by atomic mass is 35.5. The number of aromatic nitrogens is 2. The summed E-state index contributed by atoms with van der Waals surface area (Å²) in [6, 6.07) is 3.58. The Morgan fingerprint density at radius 2 is 2.08 bits per heavy atom. The van der Waals surface area contributed by atoms with Crippen LogP contribution in [-0.4, -0.2) is 38.4 Å². The SMILES string of the molecule is CC[C@@]1(O)C(=O)OCc2c1cc1n(c2=O)Cc2c-1nc1cc(Cl)c(C)c3c1c2[C@H](NC[C@@H](C)O)CC3. The summed E-state index contributed by atoms with van der Waals surface area (Å²) in [6.07, 6.45) is 1.25. The third-order valence-electron chi connectivity index (χ3n) is 8.04. The number of nitrogens with one attached hydrogen (secondary N) is 1. The molecule has 2 aliphatic heterocycles. The van der Waals surface area contributed by atoms with Crippen LogP contribution in [0, 0.1) is 6.92 Å². The molecule has 0 unspecified atom stereocenters. The summed E-state index contributed by atoms with van der Waals surface area (Å²) in [5.74, 6) is -0.740. The normalized spacial score (nSPS) is 22.7. The first-order valence-corrected chi connectivity index (χ1v) is 12.8. The molecule has 0 amide bonds. The van der Waals surface area contributed by atoms with Crippen LogP contribution in [0.3, 0.4) is 0 Å². The van der Waals surface area contributed by atoms with Crippen molar-refractivity contribution < 1.29 is 19.7 Å². The Hall–Kier alpha value is -2.78. The van der Waals surface area contributed by atoms with Gasteiger partial charge in [0, 0.05) is 34.1 Å². The number of aryl methyl sites for hydroxylation is 1. The smallest absolute Gasteiger partial charge is 0.343 e. The number of nitrogens with zero attached hydrogens (tertiary/aromatic N) is 2. The summed E-state index contributed by atoms with van der Waals surface area (Å²) in [7, 11) is 0. The van der Waals surface area contributed by atoms with Gasteiger partial charge in [-0.1, -0.05) is 18.5 Å². The van der Waals surface area contributed by atoms with Crippen LogP contribution in [0.4, 0.5) is 0 Å². The van der Waals surface area contributed by atoms with Crippen molar-refractivity contribution in [3.05, 3.63) is 60.9 Å². The molecule has 0 spiro atoms. The van der Waals surface area contributed by atoms with Crippen molar-refractivity contribution >= 4 is 28.5 Å². The maximum absolute atomic E-state index is 13.6. The molecule has 36 heavy (non-hydrogen) atoms. The predicted molar refractivity (Wildman–Crippen MR) is 135 cm³/mol. The van der Waals surface area contributed by atoms with Crippen LogP contribution in [-0.2, 0) is 34.7 Å². The number of benzene rings is 1. The molecule has 188 valence electrons. The molecule has 8 nitrogen and oxygen atoms in total. The molecule has 3 atom stereocenters. The molecule has 3 aliphatic rings. The maximum Gasteiger partial charge on any atom is 0.343 e. The minimum atomic E-state index is -1.87. The van der Waals surface area contributed by atoms with Gasteiger partial charge in [-0.3, -0.25) is 4.79 Å².